The molecule has 0 radical (unpaired) electrons. The van der Waals surface area contributed by atoms with Crippen LogP contribution in [0.4, 0.5) is 11.6 Å². The monoisotopic (exact) mass is 433 g/mol. The number of para-hydroxylation sites is 1. The van der Waals surface area contributed by atoms with Crippen molar-refractivity contribution in [2.45, 2.75) is 32.1 Å². The zero-order valence-electron chi connectivity index (χ0n) is 16.1. The Balaban J connectivity index is 2.09. The van der Waals surface area contributed by atoms with Crippen LogP contribution in [0.1, 0.15) is 25.1 Å². The summed E-state index contributed by atoms with van der Waals surface area (Å²) < 4.78 is 33.8. The quantitative estimate of drug-likeness (QED) is 0.590. The topological polar surface area (TPSA) is 101 Å². The minimum absolute atomic E-state index is 0.0898. The van der Waals surface area contributed by atoms with Crippen LogP contribution in [-0.2, 0) is 21.2 Å². The van der Waals surface area contributed by atoms with Gasteiger partial charge in [-0.25, -0.2) is 8.42 Å². The third-order valence-electron chi connectivity index (χ3n) is 4.27. The Bertz CT molecular complexity index is 1170. The minimum atomic E-state index is -3.91. The van der Waals surface area contributed by atoms with Gasteiger partial charge < -0.3 is 4.52 Å². The van der Waals surface area contributed by atoms with Crippen LogP contribution in [0.5, 0.6) is 0 Å². The van der Waals surface area contributed by atoms with E-state index in [-0.39, 0.29) is 22.4 Å². The molecule has 2 N–H and O–H groups in total. The number of aryl methyl sites for hydroxylation is 2. The maximum absolute atomic E-state index is 13.0. The fourth-order valence-corrected chi connectivity index (χ4v) is 4.49. The molecule has 0 aliphatic heterocycles. The van der Waals surface area contributed by atoms with E-state index in [1.165, 1.54) is 13.0 Å². The summed E-state index contributed by atoms with van der Waals surface area (Å²) in [5, 5.41) is 6.88. The fourth-order valence-electron chi connectivity index (χ4n) is 2.90. The minimum Gasteiger partial charge on any atom is -0.337 e. The van der Waals surface area contributed by atoms with Crippen molar-refractivity contribution in [2.24, 2.45) is 0 Å². The molecule has 1 heterocycles. The number of sulfonamides is 1. The van der Waals surface area contributed by atoms with E-state index in [1.54, 1.807) is 43.3 Å². The van der Waals surface area contributed by atoms with Gasteiger partial charge in [0, 0.05) is 6.92 Å². The average molecular weight is 434 g/mol. The van der Waals surface area contributed by atoms with Crippen molar-refractivity contribution in [3.63, 3.8) is 0 Å². The molecule has 3 aromatic rings. The predicted octanol–water partition coefficient (Wildman–Crippen LogP) is 4.63. The van der Waals surface area contributed by atoms with Gasteiger partial charge in [0.2, 0.25) is 11.8 Å². The van der Waals surface area contributed by atoms with Crippen molar-refractivity contribution >= 4 is 39.1 Å². The molecule has 3 rings (SSSR count). The molecule has 7 nitrogen and oxygen atoms in total. The van der Waals surface area contributed by atoms with E-state index < -0.39 is 10.0 Å². The molecular formula is C20H20ClN3O4S. The molecule has 0 bridgehead atoms. The first-order chi connectivity index (χ1) is 13.7. The molecule has 0 fully saturated rings. The summed E-state index contributed by atoms with van der Waals surface area (Å²) in [5.41, 5.74) is 2.58. The lowest BCUT2D eigenvalue weighted by molar-refractivity contribution is -0.114. The summed E-state index contributed by atoms with van der Waals surface area (Å²) in [5.74, 6) is -0.133. The Morgan fingerprint density at radius 3 is 2.59 bits per heavy atom. The molecule has 29 heavy (non-hydrogen) atoms. The van der Waals surface area contributed by atoms with Crippen molar-refractivity contribution in [3.05, 3.63) is 58.7 Å². The Morgan fingerprint density at radius 1 is 1.21 bits per heavy atom. The molecule has 0 spiro atoms. The van der Waals surface area contributed by atoms with E-state index in [0.29, 0.717) is 33.8 Å². The van der Waals surface area contributed by atoms with E-state index in [2.05, 4.69) is 15.2 Å². The molecule has 0 unspecified atom stereocenters. The lowest BCUT2D eigenvalue weighted by atomic mass is 10.0. The summed E-state index contributed by atoms with van der Waals surface area (Å²) in [6.07, 6.45) is 0.548. The van der Waals surface area contributed by atoms with Crippen LogP contribution in [0.25, 0.3) is 11.1 Å². The predicted molar refractivity (Wildman–Crippen MR) is 113 cm³/mol. The fraction of sp³-hybridized carbons (Fsp3) is 0.200. The zero-order valence-corrected chi connectivity index (χ0v) is 17.7. The number of hydrogen-bond acceptors (Lipinski definition) is 5. The van der Waals surface area contributed by atoms with Gasteiger partial charge >= 0.3 is 0 Å². The van der Waals surface area contributed by atoms with Crippen molar-refractivity contribution < 1.29 is 17.7 Å². The Labute approximate surface area is 174 Å². The highest BCUT2D eigenvalue weighted by molar-refractivity contribution is 7.92. The van der Waals surface area contributed by atoms with Crippen LogP contribution in [0.2, 0.25) is 5.02 Å². The van der Waals surface area contributed by atoms with E-state index in [1.807, 2.05) is 6.92 Å². The number of nitrogens with zero attached hydrogens (tertiary/aromatic N) is 1. The van der Waals surface area contributed by atoms with Gasteiger partial charge in [0.05, 0.1) is 26.9 Å². The lowest BCUT2D eigenvalue weighted by Gasteiger charge is -2.13. The molecule has 0 saturated carbocycles. The van der Waals surface area contributed by atoms with Crippen LogP contribution >= 0.6 is 11.6 Å². The lowest BCUT2D eigenvalue weighted by Crippen LogP contribution is -2.14. The van der Waals surface area contributed by atoms with Gasteiger partial charge in [-0.15, -0.1) is 0 Å². The summed E-state index contributed by atoms with van der Waals surface area (Å²) in [6, 6.07) is 11.6. The number of hydrogen-bond donors (Lipinski definition) is 2. The molecule has 1 aromatic heterocycles. The number of halogens is 1. The molecule has 1 amide bonds. The van der Waals surface area contributed by atoms with E-state index in [0.717, 1.165) is 0 Å². The third-order valence-corrected chi connectivity index (χ3v) is 6.11. The number of benzene rings is 2. The second kappa shape index (κ2) is 8.26. The van der Waals surface area contributed by atoms with Gasteiger partial charge in [0.1, 0.15) is 0 Å². The number of nitrogens with one attached hydrogen (secondary N) is 2. The van der Waals surface area contributed by atoms with Gasteiger partial charge in [0.25, 0.3) is 10.0 Å². The summed E-state index contributed by atoms with van der Waals surface area (Å²) in [6.45, 7) is 4.95. The molecule has 0 aliphatic rings. The van der Waals surface area contributed by atoms with Crippen molar-refractivity contribution in [3.8, 4) is 11.1 Å². The van der Waals surface area contributed by atoms with Crippen molar-refractivity contribution in [1.29, 1.82) is 0 Å². The summed E-state index contributed by atoms with van der Waals surface area (Å²) in [4.78, 5) is 11.6. The van der Waals surface area contributed by atoms with Crippen molar-refractivity contribution in [1.82, 2.24) is 5.16 Å². The summed E-state index contributed by atoms with van der Waals surface area (Å²) in [7, 11) is -3.91. The van der Waals surface area contributed by atoms with E-state index in [9.17, 15) is 13.2 Å². The second-order valence-corrected chi connectivity index (χ2v) is 8.49. The third kappa shape index (κ3) is 4.44. The van der Waals surface area contributed by atoms with Crippen LogP contribution in [0, 0.1) is 6.92 Å². The van der Waals surface area contributed by atoms with Gasteiger partial charge in [0.15, 0.2) is 0 Å². The standard InChI is InChI=1S/C20H20ClN3O4S/c1-4-16-19(20(28-23-16)22-13(3)25)14-10-9-12(2)18(11-14)29(26,27)24-17-8-6-5-7-15(17)21/h5-11,24H,4H2,1-3H3,(H,22,25). The Kier molecular flexibility index (Phi) is 5.95. The number of anilines is 2. The molecule has 0 aliphatic carbocycles. The molecule has 9 heteroatoms. The van der Waals surface area contributed by atoms with Crippen LogP contribution in [0.15, 0.2) is 51.9 Å². The Hall–Kier alpha value is -2.84. The molecule has 2 aromatic carbocycles. The number of carbonyl (C=O) groups excluding carboxylic acids is 1. The maximum Gasteiger partial charge on any atom is 0.262 e. The van der Waals surface area contributed by atoms with E-state index in [4.69, 9.17) is 16.1 Å². The normalized spacial score (nSPS) is 11.3. The van der Waals surface area contributed by atoms with Crippen molar-refractivity contribution in [2.75, 3.05) is 10.0 Å². The first-order valence-corrected chi connectivity index (χ1v) is 10.7. The maximum atomic E-state index is 13.0. The van der Waals surface area contributed by atoms with Gasteiger partial charge in [-0.05, 0) is 42.7 Å². The second-order valence-electron chi connectivity index (χ2n) is 6.43. The number of aromatic nitrogens is 1. The molecule has 0 atom stereocenters. The summed E-state index contributed by atoms with van der Waals surface area (Å²) >= 11 is 6.09. The molecule has 152 valence electrons. The van der Waals surface area contributed by atoms with Crippen LogP contribution in [0.3, 0.4) is 0 Å². The van der Waals surface area contributed by atoms with Gasteiger partial charge in [-0.3, -0.25) is 14.8 Å². The number of rotatable bonds is 6. The largest absolute Gasteiger partial charge is 0.337 e. The SMILES string of the molecule is CCc1noc(NC(C)=O)c1-c1ccc(C)c(S(=O)(=O)Nc2ccccc2Cl)c1. The average Bonchev–Trinajstić information content (AvgIpc) is 3.05. The first-order valence-electron chi connectivity index (χ1n) is 8.87. The first kappa shape index (κ1) is 20.9. The zero-order chi connectivity index (χ0) is 21.2. The molecular weight excluding hydrogens is 414 g/mol. The van der Waals surface area contributed by atoms with Gasteiger partial charge in [-0.2, -0.15) is 0 Å². The van der Waals surface area contributed by atoms with E-state index >= 15 is 0 Å². The van der Waals surface area contributed by atoms with Gasteiger partial charge in [-0.1, -0.05) is 47.9 Å². The highest BCUT2D eigenvalue weighted by Crippen LogP contribution is 2.35. The highest BCUT2D eigenvalue weighted by atomic mass is 35.5. The van der Waals surface area contributed by atoms with Crippen LogP contribution < -0.4 is 10.0 Å². The highest BCUT2D eigenvalue weighted by Gasteiger charge is 2.23. The van der Waals surface area contributed by atoms with Crippen LogP contribution in [-0.4, -0.2) is 19.5 Å². The number of amides is 1. The Morgan fingerprint density at radius 2 is 1.93 bits per heavy atom. The number of carbonyl (C=O) groups is 1. The smallest absolute Gasteiger partial charge is 0.262 e. The molecule has 0 saturated heterocycles.